The lowest BCUT2D eigenvalue weighted by Crippen LogP contribution is -2.05. The molecule has 0 unspecified atom stereocenters. The first-order chi connectivity index (χ1) is 9.72. The summed E-state index contributed by atoms with van der Waals surface area (Å²) in [6.45, 7) is 0.510. The molecule has 0 saturated heterocycles. The fraction of sp³-hybridized carbons (Fsp3) is 0.133. The summed E-state index contributed by atoms with van der Waals surface area (Å²) in [6, 6.07) is 12.7. The van der Waals surface area contributed by atoms with Gasteiger partial charge >= 0.3 is 5.97 Å². The average Bonchev–Trinajstić information content (AvgIpc) is 2.53. The van der Waals surface area contributed by atoms with Crippen LogP contribution in [-0.2, 0) is 11.3 Å². The minimum atomic E-state index is -0.404. The van der Waals surface area contributed by atoms with Crippen LogP contribution >= 0.6 is 0 Å². The lowest BCUT2D eigenvalue weighted by atomic mass is 10.2. The van der Waals surface area contributed by atoms with Crippen molar-refractivity contribution in [2.24, 2.45) is 0 Å². The molecule has 5 heteroatoms. The summed E-state index contributed by atoms with van der Waals surface area (Å²) < 4.78 is 4.61. The number of nitrogens with zero attached hydrogens (tertiary/aromatic N) is 2. The van der Waals surface area contributed by atoms with Gasteiger partial charge in [0.2, 0.25) is 0 Å². The summed E-state index contributed by atoms with van der Waals surface area (Å²) in [5, 5.41) is 12.0. The molecule has 2 aromatic rings. The number of rotatable bonds is 4. The first-order valence-electron chi connectivity index (χ1n) is 6.00. The number of hydrogen-bond donors (Lipinski definition) is 1. The molecular formula is C15H13N3O2. The Labute approximate surface area is 116 Å². The van der Waals surface area contributed by atoms with Gasteiger partial charge in [-0.3, -0.25) is 4.98 Å². The number of esters is 1. The Hall–Kier alpha value is -2.87. The first kappa shape index (κ1) is 13.6. The predicted molar refractivity (Wildman–Crippen MR) is 74.1 cm³/mol. The van der Waals surface area contributed by atoms with E-state index in [1.807, 2.05) is 12.1 Å². The largest absolute Gasteiger partial charge is 0.465 e. The summed E-state index contributed by atoms with van der Waals surface area (Å²) in [4.78, 5) is 15.4. The van der Waals surface area contributed by atoms with E-state index in [4.69, 9.17) is 5.26 Å². The van der Waals surface area contributed by atoms with Crippen molar-refractivity contribution in [3.63, 3.8) is 0 Å². The Balaban J connectivity index is 2.00. The Morgan fingerprint density at radius 2 is 2.25 bits per heavy atom. The first-order valence-corrected chi connectivity index (χ1v) is 6.00. The van der Waals surface area contributed by atoms with E-state index >= 15 is 0 Å². The molecule has 20 heavy (non-hydrogen) atoms. The Bertz CT molecular complexity index is 645. The van der Waals surface area contributed by atoms with Crippen molar-refractivity contribution in [2.45, 2.75) is 6.54 Å². The van der Waals surface area contributed by atoms with Crippen LogP contribution in [0.4, 0.5) is 5.69 Å². The summed E-state index contributed by atoms with van der Waals surface area (Å²) in [5.41, 5.74) is 2.66. The molecule has 0 aliphatic carbocycles. The van der Waals surface area contributed by atoms with Crippen molar-refractivity contribution < 1.29 is 9.53 Å². The van der Waals surface area contributed by atoms with Gasteiger partial charge in [-0.05, 0) is 30.3 Å². The molecule has 1 heterocycles. The highest BCUT2D eigenvalue weighted by Crippen LogP contribution is 2.11. The molecule has 0 atom stereocenters. The summed E-state index contributed by atoms with van der Waals surface area (Å²) in [7, 11) is 1.33. The van der Waals surface area contributed by atoms with Crippen LogP contribution in [0.15, 0.2) is 42.6 Å². The molecule has 5 nitrogen and oxygen atoms in total. The van der Waals surface area contributed by atoms with Crippen LogP contribution in [0, 0.1) is 11.3 Å². The standard InChI is InChI=1S/C15H13N3O2/c1-20-15(19)12-5-6-14(17-9-12)10-18-13-4-2-3-11(7-13)8-16/h2-7,9,18H,10H2,1H3. The van der Waals surface area contributed by atoms with Crippen LogP contribution < -0.4 is 5.32 Å². The third-order valence-corrected chi connectivity index (χ3v) is 2.71. The second-order valence-corrected chi connectivity index (χ2v) is 4.08. The lowest BCUT2D eigenvalue weighted by molar-refractivity contribution is 0.0600. The van der Waals surface area contributed by atoms with Crippen LogP contribution in [-0.4, -0.2) is 18.1 Å². The van der Waals surface area contributed by atoms with E-state index in [-0.39, 0.29) is 0 Å². The highest BCUT2D eigenvalue weighted by atomic mass is 16.5. The van der Waals surface area contributed by atoms with E-state index in [1.165, 1.54) is 13.3 Å². The summed E-state index contributed by atoms with van der Waals surface area (Å²) in [6.07, 6.45) is 1.48. The number of pyridine rings is 1. The number of nitriles is 1. The Morgan fingerprint density at radius 3 is 2.90 bits per heavy atom. The van der Waals surface area contributed by atoms with Crippen molar-refractivity contribution in [2.75, 3.05) is 12.4 Å². The second kappa shape index (κ2) is 6.34. The molecule has 0 spiro atoms. The van der Waals surface area contributed by atoms with E-state index in [0.717, 1.165) is 11.4 Å². The van der Waals surface area contributed by atoms with E-state index in [1.54, 1.807) is 24.3 Å². The maximum absolute atomic E-state index is 11.3. The second-order valence-electron chi connectivity index (χ2n) is 4.08. The van der Waals surface area contributed by atoms with Crippen molar-refractivity contribution in [3.8, 4) is 6.07 Å². The number of carbonyl (C=O) groups excluding carboxylic acids is 1. The van der Waals surface area contributed by atoms with Gasteiger partial charge in [0.15, 0.2) is 0 Å². The molecular weight excluding hydrogens is 254 g/mol. The molecule has 2 rings (SSSR count). The topological polar surface area (TPSA) is 75.0 Å². The third kappa shape index (κ3) is 3.33. The molecule has 1 aromatic heterocycles. The molecule has 0 aliphatic heterocycles. The molecule has 0 radical (unpaired) electrons. The van der Waals surface area contributed by atoms with Gasteiger partial charge in [-0.1, -0.05) is 6.07 Å². The van der Waals surface area contributed by atoms with Gasteiger partial charge in [-0.15, -0.1) is 0 Å². The number of carbonyl (C=O) groups is 1. The highest BCUT2D eigenvalue weighted by Gasteiger charge is 2.05. The zero-order valence-corrected chi connectivity index (χ0v) is 11.0. The Kier molecular flexibility index (Phi) is 4.30. The van der Waals surface area contributed by atoms with E-state index < -0.39 is 5.97 Å². The van der Waals surface area contributed by atoms with Gasteiger partial charge in [0.1, 0.15) is 0 Å². The van der Waals surface area contributed by atoms with Crippen LogP contribution in [0.2, 0.25) is 0 Å². The van der Waals surface area contributed by atoms with E-state index in [9.17, 15) is 4.79 Å². The molecule has 0 amide bonds. The molecule has 0 aliphatic rings. The maximum Gasteiger partial charge on any atom is 0.339 e. The van der Waals surface area contributed by atoms with Gasteiger partial charge in [-0.25, -0.2) is 4.79 Å². The van der Waals surface area contributed by atoms with Crippen LogP contribution in [0.5, 0.6) is 0 Å². The number of nitrogens with one attached hydrogen (secondary N) is 1. The van der Waals surface area contributed by atoms with Crippen LogP contribution in [0.1, 0.15) is 21.6 Å². The lowest BCUT2D eigenvalue weighted by Gasteiger charge is -2.06. The zero-order chi connectivity index (χ0) is 14.4. The molecule has 1 aromatic carbocycles. The smallest absolute Gasteiger partial charge is 0.339 e. The van der Waals surface area contributed by atoms with Gasteiger partial charge in [0.25, 0.3) is 0 Å². The highest BCUT2D eigenvalue weighted by molar-refractivity contribution is 5.88. The number of aromatic nitrogens is 1. The van der Waals surface area contributed by atoms with Crippen molar-refractivity contribution >= 4 is 11.7 Å². The average molecular weight is 267 g/mol. The van der Waals surface area contributed by atoms with Crippen molar-refractivity contribution in [1.82, 2.24) is 4.98 Å². The third-order valence-electron chi connectivity index (χ3n) is 2.71. The van der Waals surface area contributed by atoms with Crippen LogP contribution in [0.3, 0.4) is 0 Å². The summed E-state index contributed by atoms with van der Waals surface area (Å²) >= 11 is 0. The fourth-order valence-corrected chi connectivity index (χ4v) is 1.66. The number of anilines is 1. The van der Waals surface area contributed by atoms with Gasteiger partial charge in [-0.2, -0.15) is 5.26 Å². The SMILES string of the molecule is COC(=O)c1ccc(CNc2cccc(C#N)c2)nc1. The maximum atomic E-state index is 11.3. The minimum Gasteiger partial charge on any atom is -0.465 e. The number of benzene rings is 1. The Morgan fingerprint density at radius 1 is 1.40 bits per heavy atom. The molecule has 0 fully saturated rings. The number of hydrogen-bond acceptors (Lipinski definition) is 5. The molecule has 1 N–H and O–H groups in total. The summed E-state index contributed by atoms with van der Waals surface area (Å²) in [5.74, 6) is -0.404. The quantitative estimate of drug-likeness (QED) is 0.861. The normalized spacial score (nSPS) is 9.60. The number of methoxy groups -OCH3 is 1. The fourth-order valence-electron chi connectivity index (χ4n) is 1.66. The zero-order valence-electron chi connectivity index (χ0n) is 11.0. The molecule has 100 valence electrons. The van der Waals surface area contributed by atoms with Crippen LogP contribution in [0.25, 0.3) is 0 Å². The van der Waals surface area contributed by atoms with Gasteiger partial charge < -0.3 is 10.1 Å². The van der Waals surface area contributed by atoms with E-state index in [2.05, 4.69) is 21.1 Å². The predicted octanol–water partition coefficient (Wildman–Crippen LogP) is 2.35. The molecule has 0 saturated carbocycles. The van der Waals surface area contributed by atoms with Crippen molar-refractivity contribution in [3.05, 3.63) is 59.4 Å². The molecule has 0 bridgehead atoms. The monoisotopic (exact) mass is 267 g/mol. The van der Waals surface area contributed by atoms with Gasteiger partial charge in [0, 0.05) is 11.9 Å². The van der Waals surface area contributed by atoms with Gasteiger partial charge in [0.05, 0.1) is 36.5 Å². The van der Waals surface area contributed by atoms with Crippen molar-refractivity contribution in [1.29, 1.82) is 5.26 Å². The van der Waals surface area contributed by atoms with E-state index in [0.29, 0.717) is 17.7 Å². The number of ether oxygens (including phenoxy) is 1. The minimum absolute atomic E-state index is 0.404.